The Morgan fingerprint density at radius 2 is 2.00 bits per heavy atom. The molecule has 132 valence electrons. The summed E-state index contributed by atoms with van der Waals surface area (Å²) >= 11 is 0. The van der Waals surface area contributed by atoms with Crippen LogP contribution in [0.15, 0.2) is 28.3 Å². The second-order valence-electron chi connectivity index (χ2n) is 6.63. The number of hydrogen-bond donors (Lipinski definition) is 1. The predicted octanol–water partition coefficient (Wildman–Crippen LogP) is 0.330. The molecule has 2 rings (SSSR count). The van der Waals surface area contributed by atoms with Crippen molar-refractivity contribution in [1.29, 1.82) is 0 Å². The molecule has 0 aromatic rings. The van der Waals surface area contributed by atoms with E-state index in [9.17, 15) is 18.0 Å². The van der Waals surface area contributed by atoms with Gasteiger partial charge in [0, 0.05) is 18.3 Å². The number of amides is 1. The van der Waals surface area contributed by atoms with Gasteiger partial charge in [0.2, 0.25) is 0 Å². The summed E-state index contributed by atoms with van der Waals surface area (Å²) in [4.78, 5) is 25.7. The molecular formula is C15H21N3O5S. The third-order valence-corrected chi connectivity index (χ3v) is 4.37. The molecule has 1 unspecified atom stereocenters. The van der Waals surface area contributed by atoms with E-state index in [0.29, 0.717) is 0 Å². The Morgan fingerprint density at radius 3 is 2.62 bits per heavy atom. The van der Waals surface area contributed by atoms with E-state index in [1.807, 2.05) is 20.8 Å². The third kappa shape index (κ3) is 4.67. The zero-order chi connectivity index (χ0) is 18.1. The fourth-order valence-electron chi connectivity index (χ4n) is 2.08. The monoisotopic (exact) mass is 355 g/mol. The molecule has 0 aromatic heterocycles. The van der Waals surface area contributed by atoms with Crippen molar-refractivity contribution >= 4 is 27.7 Å². The molecule has 0 fully saturated rings. The summed E-state index contributed by atoms with van der Waals surface area (Å²) in [6, 6.07) is 0. The van der Waals surface area contributed by atoms with Crippen LogP contribution >= 0.6 is 0 Å². The van der Waals surface area contributed by atoms with E-state index in [1.54, 1.807) is 4.90 Å². The van der Waals surface area contributed by atoms with E-state index in [-0.39, 0.29) is 29.6 Å². The molecular weight excluding hydrogens is 334 g/mol. The third-order valence-electron chi connectivity index (χ3n) is 3.21. The Bertz CT molecular complexity index is 744. The lowest BCUT2D eigenvalue weighted by Crippen LogP contribution is -2.46. The van der Waals surface area contributed by atoms with Gasteiger partial charge < -0.3 is 15.0 Å². The molecule has 0 bridgehead atoms. The van der Waals surface area contributed by atoms with Crippen LogP contribution in [0.4, 0.5) is 0 Å². The van der Waals surface area contributed by atoms with Crippen molar-refractivity contribution < 1.29 is 22.7 Å². The number of esters is 1. The lowest BCUT2D eigenvalue weighted by Gasteiger charge is -2.27. The van der Waals surface area contributed by atoms with E-state index in [4.69, 9.17) is 4.74 Å². The van der Waals surface area contributed by atoms with Crippen molar-refractivity contribution in [3.05, 3.63) is 23.9 Å². The number of carbonyl (C=O) groups excluding carboxylic acids is 2. The number of carbonyl (C=O) groups is 2. The van der Waals surface area contributed by atoms with Gasteiger partial charge in [0.15, 0.2) is 6.10 Å². The Morgan fingerprint density at radius 1 is 1.33 bits per heavy atom. The molecule has 0 spiro atoms. The Hall–Kier alpha value is -2.16. The van der Waals surface area contributed by atoms with Gasteiger partial charge in [-0.15, -0.1) is 4.40 Å². The maximum Gasteiger partial charge on any atom is 0.340 e. The maximum atomic E-state index is 12.2. The minimum Gasteiger partial charge on any atom is -0.449 e. The van der Waals surface area contributed by atoms with Crippen LogP contribution in [0.5, 0.6) is 0 Å². The van der Waals surface area contributed by atoms with Crippen LogP contribution in [0.25, 0.3) is 0 Å². The zero-order valence-corrected chi connectivity index (χ0v) is 14.9. The number of sulfonamides is 1. The van der Waals surface area contributed by atoms with Crippen LogP contribution < -0.4 is 5.32 Å². The molecule has 0 radical (unpaired) electrons. The molecule has 1 N–H and O–H groups in total. The second-order valence-corrected chi connectivity index (χ2v) is 8.39. The predicted molar refractivity (Wildman–Crippen MR) is 88.6 cm³/mol. The molecule has 0 saturated heterocycles. The summed E-state index contributed by atoms with van der Waals surface area (Å²) in [6.45, 7) is 7.19. The Labute approximate surface area is 141 Å². The van der Waals surface area contributed by atoms with Gasteiger partial charge in [-0.3, -0.25) is 4.79 Å². The van der Waals surface area contributed by atoms with Crippen molar-refractivity contribution in [2.75, 3.05) is 12.3 Å². The first-order valence-electron chi connectivity index (χ1n) is 7.49. The van der Waals surface area contributed by atoms with Gasteiger partial charge in [-0.05, 0) is 39.8 Å². The first-order chi connectivity index (χ1) is 11.0. The minimum atomic E-state index is -3.44. The van der Waals surface area contributed by atoms with E-state index in [0.717, 1.165) is 0 Å². The zero-order valence-electron chi connectivity index (χ0n) is 14.1. The van der Waals surface area contributed by atoms with Crippen molar-refractivity contribution in [2.24, 2.45) is 4.40 Å². The summed E-state index contributed by atoms with van der Waals surface area (Å²) in [5.74, 6) is -0.901. The molecule has 0 aliphatic carbocycles. The summed E-state index contributed by atoms with van der Waals surface area (Å²) in [5, 5.41) is 2.73. The quantitative estimate of drug-likeness (QED) is 0.732. The van der Waals surface area contributed by atoms with Gasteiger partial charge >= 0.3 is 5.97 Å². The van der Waals surface area contributed by atoms with Crippen molar-refractivity contribution in [1.82, 2.24) is 10.2 Å². The van der Waals surface area contributed by atoms with Crippen LogP contribution in [0.1, 0.15) is 27.7 Å². The van der Waals surface area contributed by atoms with Crippen LogP contribution in [-0.4, -0.2) is 55.0 Å². The molecule has 0 saturated carbocycles. The number of nitrogens with one attached hydrogen (secondary N) is 1. The minimum absolute atomic E-state index is 0.118. The normalized spacial score (nSPS) is 20.4. The van der Waals surface area contributed by atoms with Gasteiger partial charge in [-0.1, -0.05) is 0 Å². The summed E-state index contributed by atoms with van der Waals surface area (Å²) in [5.41, 5.74) is -0.199. The van der Waals surface area contributed by atoms with Crippen molar-refractivity contribution in [2.45, 2.75) is 39.3 Å². The van der Waals surface area contributed by atoms with Gasteiger partial charge in [0.25, 0.3) is 15.9 Å². The SMILES string of the molecule is CC(OC(=O)C1=CN2CCS(=O)(=O)N=C2C=C1)C(=O)NC(C)(C)C. The summed E-state index contributed by atoms with van der Waals surface area (Å²) in [6.07, 6.45) is 3.40. The number of nitrogens with zero attached hydrogens (tertiary/aromatic N) is 2. The van der Waals surface area contributed by atoms with Crippen LogP contribution in [0, 0.1) is 0 Å². The lowest BCUT2D eigenvalue weighted by atomic mass is 10.1. The Kier molecular flexibility index (Phi) is 4.84. The second kappa shape index (κ2) is 6.39. The Balaban J connectivity index is 2.03. The van der Waals surface area contributed by atoms with Gasteiger partial charge in [0.05, 0.1) is 11.3 Å². The average Bonchev–Trinajstić information content (AvgIpc) is 2.43. The number of hydrogen-bond acceptors (Lipinski definition) is 6. The van der Waals surface area contributed by atoms with E-state index >= 15 is 0 Å². The molecule has 0 aromatic carbocycles. The van der Waals surface area contributed by atoms with Crippen molar-refractivity contribution in [3.8, 4) is 0 Å². The highest BCUT2D eigenvalue weighted by Crippen LogP contribution is 2.17. The molecule has 1 atom stereocenters. The highest BCUT2D eigenvalue weighted by atomic mass is 32.2. The van der Waals surface area contributed by atoms with Crippen LogP contribution in [0.3, 0.4) is 0 Å². The van der Waals surface area contributed by atoms with Gasteiger partial charge in [-0.25, -0.2) is 13.2 Å². The number of rotatable bonds is 3. The largest absolute Gasteiger partial charge is 0.449 e. The van der Waals surface area contributed by atoms with E-state index in [2.05, 4.69) is 9.71 Å². The number of ether oxygens (including phenoxy) is 1. The van der Waals surface area contributed by atoms with Crippen LogP contribution in [0.2, 0.25) is 0 Å². The summed E-state index contributed by atoms with van der Waals surface area (Å²) in [7, 11) is -3.44. The lowest BCUT2D eigenvalue weighted by molar-refractivity contribution is -0.151. The highest BCUT2D eigenvalue weighted by molar-refractivity contribution is 7.90. The van der Waals surface area contributed by atoms with Crippen molar-refractivity contribution in [3.63, 3.8) is 0 Å². The summed E-state index contributed by atoms with van der Waals surface area (Å²) < 4.78 is 31.7. The van der Waals surface area contributed by atoms with E-state index < -0.39 is 27.6 Å². The van der Waals surface area contributed by atoms with E-state index in [1.165, 1.54) is 25.3 Å². The molecule has 2 heterocycles. The first kappa shape index (κ1) is 18.2. The van der Waals surface area contributed by atoms with Gasteiger partial charge in [-0.2, -0.15) is 0 Å². The standard InChI is InChI=1S/C15H21N3O5S/c1-10(13(19)16-15(2,3)4)23-14(20)11-5-6-12-17-24(21,22)8-7-18(12)9-11/h5-6,9-10H,7-8H2,1-4H3,(H,16,19). The maximum absolute atomic E-state index is 12.2. The topological polar surface area (TPSA) is 105 Å². The fraction of sp³-hybridized carbons (Fsp3) is 0.533. The first-order valence-corrected chi connectivity index (χ1v) is 9.10. The molecule has 9 heteroatoms. The average molecular weight is 355 g/mol. The van der Waals surface area contributed by atoms with Crippen LogP contribution in [-0.2, 0) is 24.3 Å². The smallest absolute Gasteiger partial charge is 0.340 e. The molecule has 8 nitrogen and oxygen atoms in total. The number of amidine groups is 1. The molecule has 2 aliphatic rings. The molecule has 24 heavy (non-hydrogen) atoms. The fourth-order valence-corrected chi connectivity index (χ4v) is 3.04. The molecule has 2 aliphatic heterocycles. The van der Waals surface area contributed by atoms with Gasteiger partial charge in [0.1, 0.15) is 5.84 Å². The molecule has 1 amide bonds. The number of fused-ring (bicyclic) bond motifs is 1. The highest BCUT2D eigenvalue weighted by Gasteiger charge is 2.27.